The van der Waals surface area contributed by atoms with Crippen LogP contribution in [0.1, 0.15) is 23.2 Å². The fourth-order valence-electron chi connectivity index (χ4n) is 4.22. The van der Waals surface area contributed by atoms with E-state index in [1.807, 2.05) is 0 Å². The molecule has 0 saturated carbocycles. The Morgan fingerprint density at radius 1 is 1.14 bits per heavy atom. The third kappa shape index (κ3) is 3.34. The van der Waals surface area contributed by atoms with E-state index in [1.54, 1.807) is 18.2 Å². The van der Waals surface area contributed by atoms with E-state index in [0.717, 1.165) is 25.0 Å². The number of aryl methyl sites for hydroxylation is 1. The Hall–Kier alpha value is -3.32. The first-order valence-corrected chi connectivity index (χ1v) is 9.90. The van der Waals surface area contributed by atoms with Crippen molar-refractivity contribution in [2.75, 3.05) is 18.4 Å². The van der Waals surface area contributed by atoms with Gasteiger partial charge >= 0.3 is 5.69 Å². The first kappa shape index (κ1) is 17.8. The zero-order chi connectivity index (χ0) is 20.0. The normalized spacial score (nSPS) is 14.4. The molecule has 5 rings (SSSR count). The summed E-state index contributed by atoms with van der Waals surface area (Å²) in [7, 11) is 0. The second-order valence-electron chi connectivity index (χ2n) is 7.74. The summed E-state index contributed by atoms with van der Waals surface area (Å²) in [5.74, 6) is -0.0252. The molecule has 0 radical (unpaired) electrons. The number of aromatic nitrogens is 3. The molecule has 3 heterocycles. The van der Waals surface area contributed by atoms with Gasteiger partial charge in [0, 0.05) is 54.8 Å². The summed E-state index contributed by atoms with van der Waals surface area (Å²) in [5, 5.41) is 4.22. The highest BCUT2D eigenvalue weighted by Crippen LogP contribution is 2.29. The van der Waals surface area contributed by atoms with Gasteiger partial charge in [0.25, 0.3) is 0 Å². The smallest absolute Gasteiger partial charge is 0.323 e. The largest absolute Gasteiger partial charge is 0.358 e. The highest BCUT2D eigenvalue weighted by molar-refractivity contribution is 5.93. The maximum Gasteiger partial charge on any atom is 0.323 e. The van der Waals surface area contributed by atoms with E-state index in [0.29, 0.717) is 24.2 Å². The van der Waals surface area contributed by atoms with Gasteiger partial charge in [0.1, 0.15) is 0 Å². The summed E-state index contributed by atoms with van der Waals surface area (Å²) in [6.45, 7) is 4.66. The number of carbonyl (C=O) groups excluding carboxylic acids is 1. The molecule has 1 aliphatic heterocycles. The zero-order valence-corrected chi connectivity index (χ0v) is 16.3. The number of fused-ring (bicyclic) bond motifs is 4. The lowest BCUT2D eigenvalue weighted by Crippen LogP contribution is -2.33. The van der Waals surface area contributed by atoms with Crippen molar-refractivity contribution in [1.29, 1.82) is 0 Å². The summed E-state index contributed by atoms with van der Waals surface area (Å²) in [6.07, 6.45) is 1.40. The van der Waals surface area contributed by atoms with Crippen LogP contribution in [0.25, 0.3) is 21.9 Å². The molecule has 0 saturated heterocycles. The van der Waals surface area contributed by atoms with Gasteiger partial charge in [0.05, 0.1) is 11.0 Å². The number of carbonyl (C=O) groups is 1. The lowest BCUT2D eigenvalue weighted by molar-refractivity contribution is -0.116. The van der Waals surface area contributed by atoms with E-state index in [-0.39, 0.29) is 11.6 Å². The van der Waals surface area contributed by atoms with Crippen LogP contribution in [0.4, 0.5) is 5.69 Å². The Labute approximate surface area is 167 Å². The van der Waals surface area contributed by atoms with E-state index in [1.165, 1.54) is 27.7 Å². The molecule has 2 aromatic carbocycles. The van der Waals surface area contributed by atoms with Crippen LogP contribution in [-0.4, -0.2) is 38.8 Å². The average molecular weight is 389 g/mol. The van der Waals surface area contributed by atoms with Gasteiger partial charge in [0.2, 0.25) is 5.91 Å². The Morgan fingerprint density at radius 3 is 2.90 bits per heavy atom. The van der Waals surface area contributed by atoms with Gasteiger partial charge in [-0.25, -0.2) is 4.79 Å². The molecule has 29 heavy (non-hydrogen) atoms. The van der Waals surface area contributed by atoms with Crippen LogP contribution in [-0.2, 0) is 17.8 Å². The number of benzene rings is 2. The van der Waals surface area contributed by atoms with Crippen molar-refractivity contribution in [3.8, 4) is 0 Å². The maximum atomic E-state index is 12.4. The second-order valence-corrected chi connectivity index (χ2v) is 7.74. The monoisotopic (exact) mass is 389 g/mol. The lowest BCUT2D eigenvalue weighted by atomic mass is 10.0. The number of rotatable bonds is 4. The van der Waals surface area contributed by atoms with Crippen molar-refractivity contribution >= 4 is 33.5 Å². The Kier molecular flexibility index (Phi) is 4.24. The highest BCUT2D eigenvalue weighted by atomic mass is 16.1. The molecule has 7 heteroatoms. The van der Waals surface area contributed by atoms with Crippen LogP contribution in [0, 0.1) is 6.92 Å². The molecule has 7 nitrogen and oxygen atoms in total. The SMILES string of the molecule is Cc1cccc2c3c([nH]c12)CCN(CCC(=O)Nc1ccc2[nH]c(=O)[nH]c2c1)C3. The van der Waals surface area contributed by atoms with Gasteiger partial charge in [-0.1, -0.05) is 18.2 Å². The predicted molar refractivity (Wildman–Crippen MR) is 114 cm³/mol. The summed E-state index contributed by atoms with van der Waals surface area (Å²) in [5.41, 5.74) is 7.03. The number of imidazole rings is 1. The number of nitrogens with zero attached hydrogens (tertiary/aromatic N) is 1. The lowest BCUT2D eigenvalue weighted by Gasteiger charge is -2.26. The molecule has 0 aliphatic carbocycles. The molecule has 2 aromatic heterocycles. The fraction of sp³-hybridized carbons (Fsp3) is 0.273. The van der Waals surface area contributed by atoms with Crippen LogP contribution in [0.15, 0.2) is 41.2 Å². The molecule has 0 unspecified atom stereocenters. The minimum absolute atomic E-state index is 0.0252. The van der Waals surface area contributed by atoms with Crippen LogP contribution in [0.2, 0.25) is 0 Å². The number of para-hydroxylation sites is 1. The van der Waals surface area contributed by atoms with E-state index in [4.69, 9.17) is 0 Å². The topological polar surface area (TPSA) is 96.8 Å². The Bertz CT molecular complexity index is 1280. The molecule has 0 atom stereocenters. The minimum Gasteiger partial charge on any atom is -0.358 e. The first-order chi connectivity index (χ1) is 14.1. The van der Waals surface area contributed by atoms with Gasteiger partial charge in [-0.2, -0.15) is 0 Å². The fourth-order valence-corrected chi connectivity index (χ4v) is 4.22. The van der Waals surface area contributed by atoms with E-state index >= 15 is 0 Å². The van der Waals surface area contributed by atoms with Gasteiger partial charge in [-0.15, -0.1) is 0 Å². The van der Waals surface area contributed by atoms with Crippen molar-refractivity contribution in [2.45, 2.75) is 26.3 Å². The summed E-state index contributed by atoms with van der Waals surface area (Å²) >= 11 is 0. The predicted octanol–water partition coefficient (Wildman–Crippen LogP) is 3.03. The molecule has 0 bridgehead atoms. The van der Waals surface area contributed by atoms with E-state index in [2.05, 4.69) is 50.3 Å². The summed E-state index contributed by atoms with van der Waals surface area (Å²) < 4.78 is 0. The molecule has 4 aromatic rings. The third-order valence-corrected chi connectivity index (χ3v) is 5.75. The summed E-state index contributed by atoms with van der Waals surface area (Å²) in [6, 6.07) is 11.8. The first-order valence-electron chi connectivity index (χ1n) is 9.90. The average Bonchev–Trinajstić information content (AvgIpc) is 3.26. The van der Waals surface area contributed by atoms with Crippen molar-refractivity contribution < 1.29 is 4.79 Å². The van der Waals surface area contributed by atoms with Crippen LogP contribution < -0.4 is 11.0 Å². The van der Waals surface area contributed by atoms with Crippen molar-refractivity contribution in [3.05, 3.63) is 63.7 Å². The van der Waals surface area contributed by atoms with Gasteiger partial charge in [-0.3, -0.25) is 9.69 Å². The van der Waals surface area contributed by atoms with E-state index < -0.39 is 0 Å². The number of hydrogen-bond donors (Lipinski definition) is 4. The molecule has 0 fully saturated rings. The summed E-state index contributed by atoms with van der Waals surface area (Å²) in [4.78, 5) is 35.1. The third-order valence-electron chi connectivity index (χ3n) is 5.75. The number of H-pyrrole nitrogens is 3. The van der Waals surface area contributed by atoms with Crippen molar-refractivity contribution in [2.24, 2.45) is 0 Å². The van der Waals surface area contributed by atoms with Crippen molar-refractivity contribution in [1.82, 2.24) is 19.9 Å². The van der Waals surface area contributed by atoms with Crippen molar-refractivity contribution in [3.63, 3.8) is 0 Å². The number of nitrogens with one attached hydrogen (secondary N) is 4. The van der Waals surface area contributed by atoms with Gasteiger partial charge in [0.15, 0.2) is 0 Å². The Balaban J connectivity index is 1.23. The molecular formula is C22H23N5O2. The number of amides is 1. The highest BCUT2D eigenvalue weighted by Gasteiger charge is 2.21. The number of aromatic amines is 3. The molecule has 4 N–H and O–H groups in total. The van der Waals surface area contributed by atoms with Gasteiger partial charge < -0.3 is 20.3 Å². The van der Waals surface area contributed by atoms with Crippen LogP contribution in [0.3, 0.4) is 0 Å². The maximum absolute atomic E-state index is 12.4. The number of anilines is 1. The Morgan fingerprint density at radius 2 is 2.00 bits per heavy atom. The van der Waals surface area contributed by atoms with Gasteiger partial charge in [-0.05, 0) is 36.2 Å². The molecular weight excluding hydrogens is 366 g/mol. The quantitative estimate of drug-likeness (QED) is 0.432. The second kappa shape index (κ2) is 6.93. The molecule has 0 spiro atoms. The number of hydrogen-bond acceptors (Lipinski definition) is 3. The standard InChI is InChI=1S/C22H23N5O2/c1-13-3-2-4-15-16-12-27(9-7-17(16)24-21(13)15)10-8-20(28)23-14-5-6-18-19(11-14)26-22(29)25-18/h2-6,11,24H,7-10,12H2,1H3,(H,23,28)(H2,25,26,29). The van der Waals surface area contributed by atoms with E-state index in [9.17, 15) is 9.59 Å². The molecule has 1 amide bonds. The molecule has 1 aliphatic rings. The van der Waals surface area contributed by atoms with Crippen LogP contribution >= 0.6 is 0 Å². The minimum atomic E-state index is -0.250. The molecule has 148 valence electrons. The van der Waals surface area contributed by atoms with Crippen LogP contribution in [0.5, 0.6) is 0 Å². The zero-order valence-electron chi connectivity index (χ0n) is 16.3.